The molecular formula is C23H29NO6S. The Morgan fingerprint density at radius 1 is 1.00 bits per heavy atom. The van der Waals surface area contributed by atoms with Gasteiger partial charge in [0.25, 0.3) is 0 Å². The largest absolute Gasteiger partial charge is 0.493 e. The van der Waals surface area contributed by atoms with Gasteiger partial charge in [0.2, 0.25) is 11.7 Å². The average molecular weight is 448 g/mol. The topological polar surface area (TPSA) is 90.9 Å². The molecule has 0 aromatic heterocycles. The maximum absolute atomic E-state index is 12.8. The first-order valence-electron chi connectivity index (χ1n) is 10.3. The van der Waals surface area contributed by atoms with Crippen LogP contribution in [0.15, 0.2) is 41.3 Å². The summed E-state index contributed by atoms with van der Waals surface area (Å²) in [6.45, 7) is 0. The van der Waals surface area contributed by atoms with Crippen molar-refractivity contribution in [2.45, 2.75) is 48.7 Å². The summed E-state index contributed by atoms with van der Waals surface area (Å²) in [5.41, 5.74) is 1.34. The van der Waals surface area contributed by atoms with Crippen LogP contribution in [0.1, 0.15) is 37.7 Å². The van der Waals surface area contributed by atoms with Crippen LogP contribution in [-0.2, 0) is 21.1 Å². The molecule has 3 rings (SSSR count). The van der Waals surface area contributed by atoms with Gasteiger partial charge in [-0.15, -0.1) is 0 Å². The zero-order chi connectivity index (χ0) is 22.4. The first kappa shape index (κ1) is 22.9. The number of ether oxygens (including phenoxy) is 3. The summed E-state index contributed by atoms with van der Waals surface area (Å²) in [5.74, 6) is 1.35. The Hall–Kier alpha value is -2.74. The Bertz CT molecular complexity index is 1000. The first-order valence-corrected chi connectivity index (χ1v) is 11.9. The third-order valence-corrected chi connectivity index (χ3v) is 7.81. The molecule has 0 bridgehead atoms. The van der Waals surface area contributed by atoms with Gasteiger partial charge in [-0.25, -0.2) is 8.42 Å². The van der Waals surface area contributed by atoms with Crippen LogP contribution >= 0.6 is 0 Å². The molecule has 0 spiro atoms. The van der Waals surface area contributed by atoms with Crippen LogP contribution in [0, 0.1) is 0 Å². The second-order valence-corrected chi connectivity index (χ2v) is 9.79. The Balaban J connectivity index is 1.67. The van der Waals surface area contributed by atoms with Crippen molar-refractivity contribution in [1.82, 2.24) is 0 Å². The van der Waals surface area contributed by atoms with E-state index in [1.807, 2.05) is 12.1 Å². The SMILES string of the molecule is COc1cc(CCC(=O)Nc2cccc(S(=O)(=O)C3CCCC3)c2)cc(OC)c1OC. The van der Waals surface area contributed by atoms with Gasteiger partial charge in [-0.05, 0) is 55.2 Å². The Morgan fingerprint density at radius 3 is 2.23 bits per heavy atom. The number of carbonyl (C=O) groups excluding carboxylic acids is 1. The van der Waals surface area contributed by atoms with E-state index in [0.717, 1.165) is 18.4 Å². The van der Waals surface area contributed by atoms with Gasteiger partial charge in [-0.3, -0.25) is 4.79 Å². The van der Waals surface area contributed by atoms with Crippen molar-refractivity contribution in [3.05, 3.63) is 42.0 Å². The molecule has 0 heterocycles. The van der Waals surface area contributed by atoms with Crippen molar-refractivity contribution in [3.63, 3.8) is 0 Å². The summed E-state index contributed by atoms with van der Waals surface area (Å²) >= 11 is 0. The Labute approximate surface area is 183 Å². The summed E-state index contributed by atoms with van der Waals surface area (Å²) in [6, 6.07) is 10.1. The molecule has 2 aromatic rings. The number of hydrogen-bond acceptors (Lipinski definition) is 6. The molecule has 0 aliphatic heterocycles. The predicted molar refractivity (Wildman–Crippen MR) is 119 cm³/mol. The van der Waals surface area contributed by atoms with Crippen LogP contribution in [0.2, 0.25) is 0 Å². The highest BCUT2D eigenvalue weighted by atomic mass is 32.2. The predicted octanol–water partition coefficient (Wildman–Crippen LogP) is 4.00. The normalized spacial score (nSPS) is 14.3. The fourth-order valence-corrected chi connectivity index (χ4v) is 5.80. The second kappa shape index (κ2) is 10.0. The molecule has 1 fully saturated rings. The molecular weight excluding hydrogens is 418 g/mol. The van der Waals surface area contributed by atoms with Gasteiger partial charge >= 0.3 is 0 Å². The van der Waals surface area contributed by atoms with Gasteiger partial charge in [0.1, 0.15) is 0 Å². The van der Waals surface area contributed by atoms with E-state index in [2.05, 4.69) is 5.32 Å². The zero-order valence-electron chi connectivity index (χ0n) is 18.1. The van der Waals surface area contributed by atoms with Crippen molar-refractivity contribution in [1.29, 1.82) is 0 Å². The fourth-order valence-electron chi connectivity index (χ4n) is 3.90. The maximum atomic E-state index is 12.8. The molecule has 0 saturated heterocycles. The number of anilines is 1. The standard InChI is InChI=1S/C23H29NO6S/c1-28-20-13-16(14-21(29-2)23(20)30-3)11-12-22(25)24-17-7-6-10-19(15-17)31(26,27)18-8-4-5-9-18/h6-7,10,13-15,18H,4-5,8-9,11-12H2,1-3H3,(H,24,25). The van der Waals surface area contributed by atoms with E-state index in [1.165, 1.54) is 7.11 Å². The quantitative estimate of drug-likeness (QED) is 0.625. The minimum Gasteiger partial charge on any atom is -0.493 e. The molecule has 31 heavy (non-hydrogen) atoms. The van der Waals surface area contributed by atoms with Crippen molar-refractivity contribution < 1.29 is 27.4 Å². The summed E-state index contributed by atoms with van der Waals surface area (Å²) in [7, 11) is 1.26. The number of methoxy groups -OCH3 is 3. The highest BCUT2D eigenvalue weighted by molar-refractivity contribution is 7.92. The third kappa shape index (κ3) is 5.31. The molecule has 1 aliphatic rings. The maximum Gasteiger partial charge on any atom is 0.224 e. The Kier molecular flexibility index (Phi) is 7.43. The van der Waals surface area contributed by atoms with Crippen LogP contribution in [0.3, 0.4) is 0 Å². The number of aryl methyl sites for hydroxylation is 1. The lowest BCUT2D eigenvalue weighted by Crippen LogP contribution is -2.18. The number of nitrogens with one attached hydrogen (secondary N) is 1. The van der Waals surface area contributed by atoms with E-state index >= 15 is 0 Å². The molecule has 0 unspecified atom stereocenters. The molecule has 1 saturated carbocycles. The van der Waals surface area contributed by atoms with Crippen molar-refractivity contribution >= 4 is 21.4 Å². The molecule has 0 radical (unpaired) electrons. The van der Waals surface area contributed by atoms with Gasteiger partial charge in [0, 0.05) is 12.1 Å². The molecule has 2 aromatic carbocycles. The second-order valence-electron chi connectivity index (χ2n) is 7.56. The van der Waals surface area contributed by atoms with E-state index < -0.39 is 9.84 Å². The van der Waals surface area contributed by atoms with Crippen molar-refractivity contribution in [2.75, 3.05) is 26.6 Å². The van der Waals surface area contributed by atoms with Crippen LogP contribution < -0.4 is 19.5 Å². The fraction of sp³-hybridized carbons (Fsp3) is 0.435. The molecule has 1 amide bonds. The highest BCUT2D eigenvalue weighted by Gasteiger charge is 2.30. The van der Waals surface area contributed by atoms with Gasteiger partial charge < -0.3 is 19.5 Å². The minimum atomic E-state index is -3.37. The summed E-state index contributed by atoms with van der Waals surface area (Å²) < 4.78 is 41.6. The average Bonchev–Trinajstić information content (AvgIpc) is 3.33. The first-order chi connectivity index (χ1) is 14.9. The summed E-state index contributed by atoms with van der Waals surface area (Å²) in [4.78, 5) is 12.8. The number of benzene rings is 2. The van der Waals surface area contributed by atoms with Crippen LogP contribution in [0.25, 0.3) is 0 Å². The van der Waals surface area contributed by atoms with E-state index in [9.17, 15) is 13.2 Å². The van der Waals surface area contributed by atoms with E-state index in [0.29, 0.717) is 42.2 Å². The smallest absolute Gasteiger partial charge is 0.224 e. The van der Waals surface area contributed by atoms with Crippen molar-refractivity contribution in [2.24, 2.45) is 0 Å². The Morgan fingerprint density at radius 2 is 1.65 bits per heavy atom. The van der Waals surface area contributed by atoms with Gasteiger partial charge in [0.15, 0.2) is 21.3 Å². The molecule has 1 N–H and O–H groups in total. The molecule has 0 atom stereocenters. The summed E-state index contributed by atoms with van der Waals surface area (Å²) in [5, 5.41) is 2.48. The third-order valence-electron chi connectivity index (χ3n) is 5.55. The van der Waals surface area contributed by atoms with Gasteiger partial charge in [0.05, 0.1) is 31.5 Å². The van der Waals surface area contributed by atoms with E-state index in [1.54, 1.807) is 38.5 Å². The zero-order valence-corrected chi connectivity index (χ0v) is 19.0. The molecule has 8 heteroatoms. The minimum absolute atomic E-state index is 0.204. The monoisotopic (exact) mass is 447 g/mol. The molecule has 7 nitrogen and oxygen atoms in total. The molecule has 168 valence electrons. The van der Waals surface area contributed by atoms with Crippen LogP contribution in [0.4, 0.5) is 5.69 Å². The number of rotatable bonds is 9. The van der Waals surface area contributed by atoms with Gasteiger partial charge in [-0.2, -0.15) is 0 Å². The van der Waals surface area contributed by atoms with Crippen LogP contribution in [-0.4, -0.2) is 40.9 Å². The van der Waals surface area contributed by atoms with E-state index in [-0.39, 0.29) is 22.5 Å². The van der Waals surface area contributed by atoms with E-state index in [4.69, 9.17) is 14.2 Å². The van der Waals surface area contributed by atoms with Gasteiger partial charge in [-0.1, -0.05) is 18.9 Å². The van der Waals surface area contributed by atoms with Crippen LogP contribution in [0.5, 0.6) is 17.2 Å². The van der Waals surface area contributed by atoms with Crippen molar-refractivity contribution in [3.8, 4) is 17.2 Å². The number of amides is 1. The molecule has 1 aliphatic carbocycles. The summed E-state index contributed by atoms with van der Waals surface area (Å²) in [6.07, 6.45) is 3.98. The number of carbonyl (C=O) groups is 1. The lowest BCUT2D eigenvalue weighted by Gasteiger charge is -2.14. The number of sulfone groups is 1. The lowest BCUT2D eigenvalue weighted by atomic mass is 10.1. The number of hydrogen-bond donors (Lipinski definition) is 1. The highest BCUT2D eigenvalue weighted by Crippen LogP contribution is 2.38. The lowest BCUT2D eigenvalue weighted by molar-refractivity contribution is -0.116.